The Morgan fingerprint density at radius 2 is 2.16 bits per heavy atom. The van der Waals surface area contributed by atoms with Crippen molar-refractivity contribution in [3.63, 3.8) is 0 Å². The van der Waals surface area contributed by atoms with Crippen LogP contribution in [-0.2, 0) is 0 Å². The van der Waals surface area contributed by atoms with E-state index in [4.69, 9.17) is 0 Å². The second-order valence-corrected chi connectivity index (χ2v) is 5.60. The van der Waals surface area contributed by atoms with E-state index in [0.717, 1.165) is 17.4 Å². The summed E-state index contributed by atoms with van der Waals surface area (Å²) in [7, 11) is 0. The maximum absolute atomic E-state index is 4.66. The van der Waals surface area contributed by atoms with Gasteiger partial charge in [0, 0.05) is 34.1 Å². The molecule has 2 heterocycles. The molecule has 0 aliphatic carbocycles. The lowest BCUT2D eigenvalue weighted by atomic mass is 10.1. The van der Waals surface area contributed by atoms with E-state index in [1.165, 1.54) is 27.7 Å². The van der Waals surface area contributed by atoms with Crippen LogP contribution in [0, 0.1) is 13.8 Å². The van der Waals surface area contributed by atoms with Gasteiger partial charge in [-0.1, -0.05) is 12.1 Å². The van der Waals surface area contributed by atoms with E-state index in [1.54, 1.807) is 11.3 Å². The molecule has 1 aromatic carbocycles. The molecule has 0 atom stereocenters. The molecule has 0 spiro atoms. The van der Waals surface area contributed by atoms with Gasteiger partial charge in [-0.2, -0.15) is 0 Å². The second-order valence-electron chi connectivity index (χ2n) is 4.74. The summed E-state index contributed by atoms with van der Waals surface area (Å²) >= 11 is 1.66. The number of hydrogen-bond acceptors (Lipinski definition) is 3. The first kappa shape index (κ1) is 12.2. The highest BCUT2D eigenvalue weighted by Gasteiger charge is 2.13. The standard InChI is InChI=1S/C15H17N3S/c1-4-16-15-18-13(8-19-15)14-10(3)17-12-7-9(2)5-6-11(12)14/h5-8,17H,4H2,1-3H3,(H,16,18). The van der Waals surface area contributed by atoms with Crippen molar-refractivity contribution in [3.8, 4) is 11.3 Å². The van der Waals surface area contributed by atoms with Crippen molar-refractivity contribution < 1.29 is 0 Å². The van der Waals surface area contributed by atoms with Gasteiger partial charge >= 0.3 is 0 Å². The molecule has 0 saturated carbocycles. The Hall–Kier alpha value is -1.81. The Morgan fingerprint density at radius 3 is 2.95 bits per heavy atom. The molecule has 0 amide bonds. The molecule has 2 N–H and O–H groups in total. The quantitative estimate of drug-likeness (QED) is 0.744. The molecule has 3 nitrogen and oxygen atoms in total. The van der Waals surface area contributed by atoms with E-state index >= 15 is 0 Å². The molecule has 0 bridgehead atoms. The third kappa shape index (κ3) is 2.12. The molecule has 3 aromatic rings. The fourth-order valence-corrected chi connectivity index (χ4v) is 3.17. The van der Waals surface area contributed by atoms with Crippen LogP contribution in [0.1, 0.15) is 18.2 Å². The van der Waals surface area contributed by atoms with Crippen LogP contribution in [0.2, 0.25) is 0 Å². The molecule has 0 aliphatic heterocycles. The fraction of sp³-hybridized carbons (Fsp3) is 0.267. The maximum Gasteiger partial charge on any atom is 0.183 e. The number of aryl methyl sites for hydroxylation is 2. The van der Waals surface area contributed by atoms with E-state index < -0.39 is 0 Å². The zero-order chi connectivity index (χ0) is 13.4. The third-order valence-corrected chi connectivity index (χ3v) is 4.03. The number of fused-ring (bicyclic) bond motifs is 1. The lowest BCUT2D eigenvalue weighted by Gasteiger charge is -1.98. The number of thiazole rings is 1. The minimum Gasteiger partial charge on any atom is -0.362 e. The van der Waals surface area contributed by atoms with Crippen molar-refractivity contribution in [1.29, 1.82) is 0 Å². The molecule has 0 aliphatic rings. The summed E-state index contributed by atoms with van der Waals surface area (Å²) in [5.41, 5.74) is 5.90. The number of nitrogens with one attached hydrogen (secondary N) is 2. The van der Waals surface area contributed by atoms with Gasteiger partial charge in [-0.3, -0.25) is 0 Å². The predicted octanol–water partition coefficient (Wildman–Crippen LogP) is 4.34. The number of hydrogen-bond donors (Lipinski definition) is 2. The van der Waals surface area contributed by atoms with Gasteiger partial charge in [0.05, 0.1) is 5.69 Å². The lowest BCUT2D eigenvalue weighted by Crippen LogP contribution is -1.95. The Labute approximate surface area is 116 Å². The molecule has 98 valence electrons. The van der Waals surface area contributed by atoms with Crippen LogP contribution < -0.4 is 5.32 Å². The first-order chi connectivity index (χ1) is 9.19. The zero-order valence-electron chi connectivity index (χ0n) is 11.4. The van der Waals surface area contributed by atoms with Crippen LogP contribution in [0.3, 0.4) is 0 Å². The van der Waals surface area contributed by atoms with Crippen LogP contribution in [0.4, 0.5) is 5.13 Å². The van der Waals surface area contributed by atoms with Crippen LogP contribution in [0.15, 0.2) is 23.6 Å². The summed E-state index contributed by atoms with van der Waals surface area (Å²) in [5, 5.41) is 7.61. The maximum atomic E-state index is 4.66. The van der Waals surface area contributed by atoms with Gasteiger partial charge in [0.15, 0.2) is 5.13 Å². The molecule has 0 saturated heterocycles. The monoisotopic (exact) mass is 271 g/mol. The molecule has 0 radical (unpaired) electrons. The van der Waals surface area contributed by atoms with Crippen molar-refractivity contribution >= 4 is 27.4 Å². The number of anilines is 1. The smallest absolute Gasteiger partial charge is 0.183 e. The van der Waals surface area contributed by atoms with Gasteiger partial charge in [0.25, 0.3) is 0 Å². The van der Waals surface area contributed by atoms with E-state index in [9.17, 15) is 0 Å². The number of nitrogens with zero attached hydrogens (tertiary/aromatic N) is 1. The van der Waals surface area contributed by atoms with Gasteiger partial charge < -0.3 is 10.3 Å². The largest absolute Gasteiger partial charge is 0.362 e. The average molecular weight is 271 g/mol. The summed E-state index contributed by atoms with van der Waals surface area (Å²) in [6, 6.07) is 6.51. The van der Waals surface area contributed by atoms with Gasteiger partial charge in [-0.15, -0.1) is 11.3 Å². The van der Waals surface area contributed by atoms with Crippen LogP contribution >= 0.6 is 11.3 Å². The molecule has 0 unspecified atom stereocenters. The summed E-state index contributed by atoms with van der Waals surface area (Å²) in [5.74, 6) is 0. The van der Waals surface area contributed by atoms with Gasteiger partial charge in [-0.05, 0) is 32.4 Å². The first-order valence-corrected chi connectivity index (χ1v) is 7.35. The summed E-state index contributed by atoms with van der Waals surface area (Å²) in [4.78, 5) is 8.12. The highest BCUT2D eigenvalue weighted by Crippen LogP contribution is 2.34. The normalized spacial score (nSPS) is 11.1. The Kier molecular flexibility index (Phi) is 3.03. The summed E-state index contributed by atoms with van der Waals surface area (Å²) < 4.78 is 0. The fourth-order valence-electron chi connectivity index (χ4n) is 2.40. The molecular weight excluding hydrogens is 254 g/mol. The molecule has 0 fully saturated rings. The first-order valence-electron chi connectivity index (χ1n) is 6.47. The van der Waals surface area contributed by atoms with Crippen molar-refractivity contribution in [1.82, 2.24) is 9.97 Å². The van der Waals surface area contributed by atoms with Crippen LogP contribution in [-0.4, -0.2) is 16.5 Å². The van der Waals surface area contributed by atoms with Crippen molar-refractivity contribution in [3.05, 3.63) is 34.8 Å². The lowest BCUT2D eigenvalue weighted by molar-refractivity contribution is 1.19. The number of H-pyrrole nitrogens is 1. The summed E-state index contributed by atoms with van der Waals surface area (Å²) in [6.45, 7) is 7.21. The van der Waals surface area contributed by atoms with Crippen LogP contribution in [0.5, 0.6) is 0 Å². The van der Waals surface area contributed by atoms with E-state index in [1.807, 2.05) is 0 Å². The number of aromatic amines is 1. The Bertz CT molecular complexity index is 724. The SMILES string of the molecule is CCNc1nc(-c2c(C)[nH]c3cc(C)ccc23)cs1. The number of rotatable bonds is 3. The predicted molar refractivity (Wildman–Crippen MR) is 83.0 cm³/mol. The second kappa shape index (κ2) is 4.70. The van der Waals surface area contributed by atoms with Gasteiger partial charge in [0.1, 0.15) is 0 Å². The third-order valence-electron chi connectivity index (χ3n) is 3.23. The average Bonchev–Trinajstić information content (AvgIpc) is 2.92. The number of aromatic nitrogens is 2. The minimum atomic E-state index is 0.902. The van der Waals surface area contributed by atoms with E-state index in [-0.39, 0.29) is 0 Å². The van der Waals surface area contributed by atoms with Crippen molar-refractivity contribution in [2.75, 3.05) is 11.9 Å². The Morgan fingerprint density at radius 1 is 1.32 bits per heavy atom. The summed E-state index contributed by atoms with van der Waals surface area (Å²) in [6.07, 6.45) is 0. The van der Waals surface area contributed by atoms with Crippen molar-refractivity contribution in [2.24, 2.45) is 0 Å². The van der Waals surface area contributed by atoms with Gasteiger partial charge in [-0.25, -0.2) is 4.98 Å². The Balaban J connectivity index is 2.15. The van der Waals surface area contributed by atoms with Crippen LogP contribution in [0.25, 0.3) is 22.2 Å². The number of benzene rings is 1. The topological polar surface area (TPSA) is 40.7 Å². The van der Waals surface area contributed by atoms with E-state index in [0.29, 0.717) is 0 Å². The van der Waals surface area contributed by atoms with E-state index in [2.05, 4.69) is 59.6 Å². The van der Waals surface area contributed by atoms with Crippen molar-refractivity contribution in [2.45, 2.75) is 20.8 Å². The molecule has 4 heteroatoms. The molecule has 2 aromatic heterocycles. The molecular formula is C15H17N3S. The van der Waals surface area contributed by atoms with Gasteiger partial charge in [0.2, 0.25) is 0 Å². The zero-order valence-corrected chi connectivity index (χ0v) is 12.2. The molecule has 19 heavy (non-hydrogen) atoms. The minimum absolute atomic E-state index is 0.902. The highest BCUT2D eigenvalue weighted by molar-refractivity contribution is 7.14. The highest BCUT2D eigenvalue weighted by atomic mass is 32.1. The molecule has 3 rings (SSSR count).